The van der Waals surface area contributed by atoms with E-state index in [-0.39, 0.29) is 6.61 Å². The second kappa shape index (κ2) is 12.5. The quantitative estimate of drug-likeness (QED) is 0.276. The Morgan fingerprint density at radius 1 is 1.10 bits per heavy atom. The minimum absolute atomic E-state index is 0.0738. The van der Waals surface area contributed by atoms with Gasteiger partial charge in [-0.2, -0.15) is 0 Å². The molecule has 0 aliphatic heterocycles. The topological polar surface area (TPSA) is 102 Å². The van der Waals surface area contributed by atoms with Gasteiger partial charge in [-0.15, -0.1) is 0 Å². The van der Waals surface area contributed by atoms with Crippen molar-refractivity contribution in [2.45, 2.75) is 33.0 Å². The number of anilines is 1. The van der Waals surface area contributed by atoms with E-state index in [9.17, 15) is 9.90 Å². The van der Waals surface area contributed by atoms with Gasteiger partial charge < -0.3 is 25.4 Å². The molecule has 6 heteroatoms. The largest absolute Gasteiger partial charge is 0.466 e. The van der Waals surface area contributed by atoms with E-state index in [1.54, 1.807) is 32.1 Å². The van der Waals surface area contributed by atoms with Crippen molar-refractivity contribution in [3.05, 3.63) is 71.3 Å². The number of hydrogen-bond acceptors (Lipinski definition) is 6. The molecule has 0 aliphatic rings. The Labute approximate surface area is 178 Å². The van der Waals surface area contributed by atoms with Gasteiger partial charge in [0.2, 0.25) is 5.79 Å². The summed E-state index contributed by atoms with van der Waals surface area (Å²) < 4.78 is 10.00. The molecule has 0 heterocycles. The van der Waals surface area contributed by atoms with E-state index in [2.05, 4.69) is 4.74 Å². The van der Waals surface area contributed by atoms with E-state index in [4.69, 9.17) is 15.6 Å². The molecule has 30 heavy (non-hydrogen) atoms. The van der Waals surface area contributed by atoms with E-state index in [0.29, 0.717) is 5.75 Å². The van der Waals surface area contributed by atoms with Gasteiger partial charge in [-0.3, -0.25) is 0 Å². The van der Waals surface area contributed by atoms with E-state index in [0.717, 1.165) is 28.8 Å². The number of nitrogens with two attached hydrogens (primary N) is 1. The lowest BCUT2D eigenvalue weighted by atomic mass is 10.1. The van der Waals surface area contributed by atoms with Crippen LogP contribution >= 0.6 is 0 Å². The van der Waals surface area contributed by atoms with Crippen molar-refractivity contribution in [3.8, 4) is 5.75 Å². The lowest BCUT2D eigenvalue weighted by Gasteiger charge is -2.21. The highest BCUT2D eigenvalue weighted by Crippen LogP contribution is 2.24. The van der Waals surface area contributed by atoms with Gasteiger partial charge in [0, 0.05) is 25.6 Å². The molecule has 162 valence electrons. The first-order valence-corrected chi connectivity index (χ1v) is 9.61. The maximum atomic E-state index is 11.0. The Morgan fingerprint density at radius 3 is 2.27 bits per heavy atom. The zero-order valence-electron chi connectivity index (χ0n) is 18.0. The van der Waals surface area contributed by atoms with Crippen LogP contribution in [0.2, 0.25) is 0 Å². The summed E-state index contributed by atoms with van der Waals surface area (Å²) in [4.78, 5) is 11.0. The fourth-order valence-electron chi connectivity index (χ4n) is 2.38. The molecule has 2 aromatic carbocycles. The van der Waals surface area contributed by atoms with Crippen LogP contribution in [0.3, 0.4) is 0 Å². The van der Waals surface area contributed by atoms with Crippen LogP contribution in [0.1, 0.15) is 37.5 Å². The summed E-state index contributed by atoms with van der Waals surface area (Å²) in [5.74, 6) is -0.965. The summed E-state index contributed by atoms with van der Waals surface area (Å²) >= 11 is 0. The number of carbonyl (C=O) groups excluding carboxylic acids is 1. The lowest BCUT2D eigenvalue weighted by Crippen LogP contribution is -2.27. The van der Waals surface area contributed by atoms with E-state index < -0.39 is 11.8 Å². The van der Waals surface area contributed by atoms with Gasteiger partial charge >= 0.3 is 5.97 Å². The molecular weight excluding hydrogens is 382 g/mol. The molecule has 6 nitrogen and oxygen atoms in total. The number of aliphatic hydroxyl groups is 2. The van der Waals surface area contributed by atoms with Gasteiger partial charge in [0.05, 0.1) is 13.7 Å². The zero-order valence-corrected chi connectivity index (χ0v) is 18.0. The van der Waals surface area contributed by atoms with Crippen molar-refractivity contribution in [2.24, 2.45) is 0 Å². The third-order valence-electron chi connectivity index (χ3n) is 3.79. The van der Waals surface area contributed by atoms with Gasteiger partial charge in [-0.05, 0) is 53.5 Å². The first-order chi connectivity index (χ1) is 14.2. The first-order valence-electron chi connectivity index (χ1n) is 9.61. The van der Waals surface area contributed by atoms with E-state index in [1.807, 2.05) is 49.4 Å². The monoisotopic (exact) mass is 413 g/mol. The minimum atomic E-state index is -1.21. The van der Waals surface area contributed by atoms with Gasteiger partial charge in [0.15, 0.2) is 0 Å². The van der Waals surface area contributed by atoms with Crippen molar-refractivity contribution in [1.29, 1.82) is 0 Å². The lowest BCUT2D eigenvalue weighted by molar-refractivity contribution is -0.134. The second-order valence-corrected chi connectivity index (χ2v) is 6.88. The maximum absolute atomic E-state index is 11.0. The normalized spacial score (nSPS) is 11.3. The summed E-state index contributed by atoms with van der Waals surface area (Å²) in [6.07, 6.45) is 7.35. The molecule has 0 fully saturated rings. The fraction of sp³-hybridized carbons (Fsp3) is 0.292. The predicted molar refractivity (Wildman–Crippen MR) is 121 cm³/mol. The van der Waals surface area contributed by atoms with Crippen LogP contribution in [0.15, 0.2) is 54.6 Å². The minimum Gasteiger partial charge on any atom is -0.466 e. The number of rotatable bonds is 7. The highest BCUT2D eigenvalue weighted by Gasteiger charge is 2.16. The molecule has 0 aliphatic carbocycles. The highest BCUT2D eigenvalue weighted by atomic mass is 16.6. The van der Waals surface area contributed by atoms with Gasteiger partial charge in [0.25, 0.3) is 0 Å². The van der Waals surface area contributed by atoms with Crippen molar-refractivity contribution in [3.63, 3.8) is 0 Å². The summed E-state index contributed by atoms with van der Waals surface area (Å²) in [5.41, 5.74) is 9.13. The molecule has 0 amide bonds. The number of methoxy groups -OCH3 is 1. The molecule has 0 aromatic heterocycles. The SMILES string of the molecule is CCc1cc(/C=C\C(=O)OC)ccc1OC(C)(C)O.Nc1ccc(/C=C/CO)cc1. The number of aliphatic hydroxyl groups excluding tert-OH is 1. The molecular formula is C24H31NO5. The molecule has 2 aromatic rings. The Balaban J connectivity index is 0.000000346. The van der Waals surface area contributed by atoms with E-state index in [1.165, 1.54) is 13.2 Å². The summed E-state index contributed by atoms with van der Waals surface area (Å²) in [6.45, 7) is 5.24. The van der Waals surface area contributed by atoms with Crippen molar-refractivity contribution < 1.29 is 24.5 Å². The molecule has 4 N–H and O–H groups in total. The molecule has 0 unspecified atom stereocenters. The standard InChI is InChI=1S/C15H20O4.C9H11NO/c1-5-12-10-11(7-9-14(16)18-4)6-8-13(12)19-15(2,3)17;10-9-5-3-8(4-6-9)2-1-7-11/h6-10,17H,5H2,1-4H3;1-6,11H,7,10H2/b9-7-;2-1+. The van der Waals surface area contributed by atoms with Crippen molar-refractivity contribution in [1.82, 2.24) is 0 Å². The van der Waals surface area contributed by atoms with Crippen molar-refractivity contribution >= 4 is 23.8 Å². The molecule has 0 spiro atoms. The summed E-state index contributed by atoms with van der Waals surface area (Å²) in [7, 11) is 1.34. The highest BCUT2D eigenvalue weighted by molar-refractivity contribution is 5.87. The van der Waals surface area contributed by atoms with Crippen LogP contribution in [-0.2, 0) is 16.0 Å². The Kier molecular flexibility index (Phi) is 10.4. The van der Waals surface area contributed by atoms with Gasteiger partial charge in [-0.1, -0.05) is 37.3 Å². The van der Waals surface area contributed by atoms with Crippen LogP contribution in [0.5, 0.6) is 5.75 Å². The molecule has 0 saturated heterocycles. The number of ether oxygens (including phenoxy) is 2. The summed E-state index contributed by atoms with van der Waals surface area (Å²) in [5, 5.41) is 18.1. The van der Waals surface area contributed by atoms with Gasteiger partial charge in [0.1, 0.15) is 5.75 Å². The number of benzene rings is 2. The van der Waals surface area contributed by atoms with Crippen LogP contribution in [0.25, 0.3) is 12.2 Å². The van der Waals surface area contributed by atoms with E-state index >= 15 is 0 Å². The average Bonchev–Trinajstić information content (AvgIpc) is 2.71. The molecule has 0 radical (unpaired) electrons. The maximum Gasteiger partial charge on any atom is 0.330 e. The predicted octanol–water partition coefficient (Wildman–Crippen LogP) is 3.82. The van der Waals surface area contributed by atoms with Crippen LogP contribution < -0.4 is 10.5 Å². The van der Waals surface area contributed by atoms with Gasteiger partial charge in [-0.25, -0.2) is 4.79 Å². The Morgan fingerprint density at radius 2 is 1.73 bits per heavy atom. The van der Waals surface area contributed by atoms with Crippen LogP contribution in [0.4, 0.5) is 5.69 Å². The van der Waals surface area contributed by atoms with Crippen molar-refractivity contribution in [2.75, 3.05) is 19.5 Å². The zero-order chi connectivity index (χ0) is 22.6. The molecule has 0 atom stereocenters. The molecule has 2 rings (SSSR count). The number of nitrogen functional groups attached to an aromatic ring is 1. The third kappa shape index (κ3) is 9.91. The smallest absolute Gasteiger partial charge is 0.330 e. The third-order valence-corrected chi connectivity index (χ3v) is 3.79. The fourth-order valence-corrected chi connectivity index (χ4v) is 2.38. The Bertz CT molecular complexity index is 849. The number of hydrogen-bond donors (Lipinski definition) is 3. The first kappa shape index (κ1) is 24.9. The number of carbonyl (C=O) groups is 1. The second-order valence-electron chi connectivity index (χ2n) is 6.88. The van der Waals surface area contributed by atoms with Crippen LogP contribution in [-0.4, -0.2) is 35.7 Å². The number of esters is 1. The molecule has 0 bridgehead atoms. The number of aryl methyl sites for hydroxylation is 1. The van der Waals surface area contributed by atoms with Crippen LogP contribution in [0, 0.1) is 0 Å². The average molecular weight is 414 g/mol. The Hall–Kier alpha value is -3.09. The molecule has 0 saturated carbocycles. The summed E-state index contributed by atoms with van der Waals surface area (Å²) in [6, 6.07) is 13.0.